The summed E-state index contributed by atoms with van der Waals surface area (Å²) in [6, 6.07) is 15.4. The number of nitrogens with zero attached hydrogens (tertiary/aromatic N) is 1. The summed E-state index contributed by atoms with van der Waals surface area (Å²) >= 11 is 0. The number of sulfonamides is 1. The molecule has 1 heterocycles. The molecule has 1 saturated heterocycles. The van der Waals surface area contributed by atoms with Crippen LogP contribution in [0.15, 0.2) is 59.5 Å². The van der Waals surface area contributed by atoms with Crippen LogP contribution < -0.4 is 11.1 Å². The molecule has 2 aromatic rings. The van der Waals surface area contributed by atoms with Crippen molar-refractivity contribution in [1.82, 2.24) is 9.62 Å². The van der Waals surface area contributed by atoms with Gasteiger partial charge >= 0.3 is 0 Å². The average Bonchev–Trinajstić information content (AvgIpc) is 2.67. The SMILES string of the molecule is Nc1ccccc1C(=O)NCC1CCN(S(=O)(=O)c2ccccc2)CC1. The van der Waals surface area contributed by atoms with Gasteiger partial charge in [0.1, 0.15) is 0 Å². The number of nitrogens with two attached hydrogens (primary N) is 1. The average molecular weight is 373 g/mol. The maximum Gasteiger partial charge on any atom is 0.253 e. The molecule has 1 aliphatic rings. The van der Waals surface area contributed by atoms with Gasteiger partial charge in [0.05, 0.1) is 10.5 Å². The highest BCUT2D eigenvalue weighted by atomic mass is 32.2. The Labute approximate surface area is 154 Å². The first-order valence-corrected chi connectivity index (χ1v) is 10.1. The topological polar surface area (TPSA) is 92.5 Å². The fourth-order valence-electron chi connectivity index (χ4n) is 3.13. The molecule has 7 heteroatoms. The van der Waals surface area contributed by atoms with Gasteiger partial charge in [-0.1, -0.05) is 30.3 Å². The maximum atomic E-state index is 12.6. The Morgan fingerprint density at radius 1 is 1.04 bits per heavy atom. The molecule has 26 heavy (non-hydrogen) atoms. The molecule has 0 saturated carbocycles. The Hall–Kier alpha value is -2.38. The molecule has 3 rings (SSSR count). The van der Waals surface area contributed by atoms with Gasteiger partial charge in [0.2, 0.25) is 10.0 Å². The summed E-state index contributed by atoms with van der Waals surface area (Å²) in [6.45, 7) is 1.45. The highest BCUT2D eigenvalue weighted by molar-refractivity contribution is 7.89. The van der Waals surface area contributed by atoms with E-state index in [1.807, 2.05) is 0 Å². The van der Waals surface area contributed by atoms with E-state index >= 15 is 0 Å². The molecule has 138 valence electrons. The number of carbonyl (C=O) groups is 1. The second-order valence-electron chi connectivity index (χ2n) is 6.46. The van der Waals surface area contributed by atoms with Crippen LogP contribution in [0.2, 0.25) is 0 Å². The number of para-hydroxylation sites is 1. The molecule has 2 aromatic carbocycles. The van der Waals surface area contributed by atoms with E-state index in [-0.39, 0.29) is 11.8 Å². The highest BCUT2D eigenvalue weighted by Crippen LogP contribution is 2.23. The molecule has 0 aromatic heterocycles. The number of nitrogen functional groups attached to an aromatic ring is 1. The van der Waals surface area contributed by atoms with Gasteiger partial charge in [-0.05, 0) is 43.0 Å². The van der Waals surface area contributed by atoms with E-state index in [1.165, 1.54) is 4.31 Å². The lowest BCUT2D eigenvalue weighted by Crippen LogP contribution is -2.41. The summed E-state index contributed by atoms with van der Waals surface area (Å²) in [5, 5.41) is 2.91. The van der Waals surface area contributed by atoms with Crippen LogP contribution >= 0.6 is 0 Å². The molecule has 3 N–H and O–H groups in total. The highest BCUT2D eigenvalue weighted by Gasteiger charge is 2.29. The van der Waals surface area contributed by atoms with Crippen LogP contribution in [0.5, 0.6) is 0 Å². The minimum atomic E-state index is -3.44. The van der Waals surface area contributed by atoms with Gasteiger partial charge in [0, 0.05) is 25.3 Å². The van der Waals surface area contributed by atoms with Crippen molar-refractivity contribution in [3.8, 4) is 0 Å². The van der Waals surface area contributed by atoms with Crippen molar-refractivity contribution in [3.05, 3.63) is 60.2 Å². The van der Waals surface area contributed by atoms with Crippen molar-refractivity contribution in [3.63, 3.8) is 0 Å². The van der Waals surface area contributed by atoms with Gasteiger partial charge in [-0.3, -0.25) is 4.79 Å². The van der Waals surface area contributed by atoms with E-state index in [2.05, 4.69) is 5.32 Å². The van der Waals surface area contributed by atoms with Gasteiger partial charge < -0.3 is 11.1 Å². The number of benzene rings is 2. The number of hydrogen-bond donors (Lipinski definition) is 2. The zero-order valence-corrected chi connectivity index (χ0v) is 15.3. The van der Waals surface area contributed by atoms with Crippen LogP contribution in [0.4, 0.5) is 5.69 Å². The van der Waals surface area contributed by atoms with Crippen LogP contribution in [0.3, 0.4) is 0 Å². The number of amides is 1. The van der Waals surface area contributed by atoms with Crippen LogP contribution in [-0.2, 0) is 10.0 Å². The number of carbonyl (C=O) groups excluding carboxylic acids is 1. The first kappa shape index (κ1) is 18.4. The first-order valence-electron chi connectivity index (χ1n) is 8.66. The quantitative estimate of drug-likeness (QED) is 0.785. The van der Waals surface area contributed by atoms with E-state index in [4.69, 9.17) is 5.73 Å². The Bertz CT molecular complexity index is 861. The van der Waals surface area contributed by atoms with Crippen molar-refractivity contribution in [2.24, 2.45) is 5.92 Å². The Morgan fingerprint density at radius 3 is 2.31 bits per heavy atom. The standard InChI is InChI=1S/C19H23N3O3S/c20-18-9-5-4-8-17(18)19(23)21-14-15-10-12-22(13-11-15)26(24,25)16-6-2-1-3-7-16/h1-9,15H,10-14,20H2,(H,21,23). The molecular formula is C19H23N3O3S. The van der Waals surface area contributed by atoms with Crippen LogP contribution in [0, 0.1) is 5.92 Å². The minimum Gasteiger partial charge on any atom is -0.398 e. The summed E-state index contributed by atoms with van der Waals surface area (Å²) in [5.41, 5.74) is 6.74. The molecule has 1 amide bonds. The zero-order chi connectivity index (χ0) is 18.6. The summed E-state index contributed by atoms with van der Waals surface area (Å²) in [7, 11) is -3.44. The number of anilines is 1. The molecule has 0 spiro atoms. The van der Waals surface area contributed by atoms with Gasteiger partial charge in [-0.15, -0.1) is 0 Å². The fraction of sp³-hybridized carbons (Fsp3) is 0.316. The van der Waals surface area contributed by atoms with Crippen molar-refractivity contribution in [1.29, 1.82) is 0 Å². The van der Waals surface area contributed by atoms with Crippen LogP contribution in [0.25, 0.3) is 0 Å². The van der Waals surface area contributed by atoms with E-state index in [9.17, 15) is 13.2 Å². The Kier molecular flexibility index (Phi) is 5.58. The molecular weight excluding hydrogens is 350 g/mol. The molecule has 0 radical (unpaired) electrons. The molecule has 0 unspecified atom stereocenters. The third kappa shape index (κ3) is 4.05. The third-order valence-electron chi connectivity index (χ3n) is 4.71. The van der Waals surface area contributed by atoms with Crippen LogP contribution in [-0.4, -0.2) is 38.3 Å². The zero-order valence-electron chi connectivity index (χ0n) is 14.5. The van der Waals surface area contributed by atoms with E-state index in [0.717, 1.165) is 12.8 Å². The van der Waals surface area contributed by atoms with Gasteiger partial charge in [0.25, 0.3) is 5.91 Å². The van der Waals surface area contributed by atoms with E-state index in [0.29, 0.717) is 35.8 Å². The number of nitrogens with one attached hydrogen (secondary N) is 1. The predicted molar refractivity (Wildman–Crippen MR) is 101 cm³/mol. The number of piperidine rings is 1. The molecule has 0 bridgehead atoms. The van der Waals surface area contributed by atoms with Gasteiger partial charge in [-0.25, -0.2) is 8.42 Å². The van der Waals surface area contributed by atoms with Crippen molar-refractivity contribution < 1.29 is 13.2 Å². The first-order chi connectivity index (χ1) is 12.5. The molecule has 0 atom stereocenters. The number of hydrogen-bond acceptors (Lipinski definition) is 4. The lowest BCUT2D eigenvalue weighted by molar-refractivity contribution is 0.0942. The molecule has 6 nitrogen and oxygen atoms in total. The minimum absolute atomic E-state index is 0.192. The molecule has 1 fully saturated rings. The van der Waals surface area contributed by atoms with Crippen molar-refractivity contribution in [2.75, 3.05) is 25.4 Å². The van der Waals surface area contributed by atoms with Crippen molar-refractivity contribution >= 4 is 21.6 Å². The van der Waals surface area contributed by atoms with E-state index < -0.39 is 10.0 Å². The molecule has 0 aliphatic carbocycles. The van der Waals surface area contributed by atoms with E-state index in [1.54, 1.807) is 54.6 Å². The monoisotopic (exact) mass is 373 g/mol. The number of rotatable bonds is 5. The summed E-state index contributed by atoms with van der Waals surface area (Å²) in [5.74, 6) is 0.0635. The maximum absolute atomic E-state index is 12.6. The Balaban J connectivity index is 1.53. The Morgan fingerprint density at radius 2 is 1.65 bits per heavy atom. The second-order valence-corrected chi connectivity index (χ2v) is 8.40. The largest absolute Gasteiger partial charge is 0.398 e. The summed E-state index contributed by atoms with van der Waals surface area (Å²) in [6.07, 6.45) is 1.44. The third-order valence-corrected chi connectivity index (χ3v) is 6.62. The lowest BCUT2D eigenvalue weighted by atomic mass is 9.98. The normalized spacial score (nSPS) is 16.3. The molecule has 1 aliphatic heterocycles. The van der Waals surface area contributed by atoms with Crippen LogP contribution in [0.1, 0.15) is 23.2 Å². The van der Waals surface area contributed by atoms with Gasteiger partial charge in [-0.2, -0.15) is 4.31 Å². The van der Waals surface area contributed by atoms with Gasteiger partial charge in [0.15, 0.2) is 0 Å². The van der Waals surface area contributed by atoms with Crippen molar-refractivity contribution in [2.45, 2.75) is 17.7 Å². The predicted octanol–water partition coefficient (Wildman–Crippen LogP) is 2.10. The lowest BCUT2D eigenvalue weighted by Gasteiger charge is -2.31. The smallest absolute Gasteiger partial charge is 0.253 e. The summed E-state index contributed by atoms with van der Waals surface area (Å²) < 4.78 is 26.8. The fourth-order valence-corrected chi connectivity index (χ4v) is 4.62. The summed E-state index contributed by atoms with van der Waals surface area (Å²) in [4.78, 5) is 12.5. The second kappa shape index (κ2) is 7.88.